The zero-order valence-corrected chi connectivity index (χ0v) is 12.4. The van der Waals surface area contributed by atoms with Crippen molar-refractivity contribution >= 4 is 29.3 Å². The summed E-state index contributed by atoms with van der Waals surface area (Å²) in [6.45, 7) is 0. The number of nitrogens with one attached hydrogen (secondary N) is 2. The molecule has 1 aromatic rings. The van der Waals surface area contributed by atoms with Crippen molar-refractivity contribution in [2.45, 2.75) is 42.7 Å². The number of benzene rings is 1. The van der Waals surface area contributed by atoms with Gasteiger partial charge in [-0.3, -0.25) is 9.59 Å². The van der Waals surface area contributed by atoms with Crippen LogP contribution in [-0.4, -0.2) is 34.8 Å². The van der Waals surface area contributed by atoms with Crippen LogP contribution in [0.3, 0.4) is 0 Å². The molecule has 2 aliphatic rings. The van der Waals surface area contributed by atoms with E-state index in [-0.39, 0.29) is 17.9 Å². The summed E-state index contributed by atoms with van der Waals surface area (Å²) in [5.41, 5.74) is 1.20. The van der Waals surface area contributed by atoms with Gasteiger partial charge in [0.05, 0.1) is 23.6 Å². The number of aliphatic hydroxyl groups is 1. The molecule has 1 heterocycles. The Bertz CT molecular complexity index is 576. The molecule has 5 nitrogen and oxygen atoms in total. The maximum absolute atomic E-state index is 12.3. The van der Waals surface area contributed by atoms with Crippen LogP contribution in [0.4, 0.5) is 5.69 Å². The van der Waals surface area contributed by atoms with Crippen LogP contribution < -0.4 is 10.6 Å². The Morgan fingerprint density at radius 1 is 1.33 bits per heavy atom. The monoisotopic (exact) mass is 306 g/mol. The van der Waals surface area contributed by atoms with Crippen molar-refractivity contribution in [3.05, 3.63) is 23.8 Å². The van der Waals surface area contributed by atoms with Gasteiger partial charge in [-0.1, -0.05) is 12.8 Å². The Kier molecular flexibility index (Phi) is 4.17. The van der Waals surface area contributed by atoms with E-state index in [1.165, 1.54) is 11.8 Å². The Morgan fingerprint density at radius 3 is 2.95 bits per heavy atom. The molecule has 21 heavy (non-hydrogen) atoms. The summed E-state index contributed by atoms with van der Waals surface area (Å²) in [5, 5.41) is 15.6. The van der Waals surface area contributed by atoms with Gasteiger partial charge in [0.25, 0.3) is 5.91 Å². The average Bonchev–Trinajstić information content (AvgIpc) is 2.48. The molecular weight excluding hydrogens is 288 g/mol. The fraction of sp³-hybridized carbons (Fsp3) is 0.467. The lowest BCUT2D eigenvalue weighted by atomic mass is 9.92. The second-order valence-corrected chi connectivity index (χ2v) is 6.50. The third kappa shape index (κ3) is 3.22. The van der Waals surface area contributed by atoms with Crippen molar-refractivity contribution in [2.75, 3.05) is 11.1 Å². The molecule has 3 rings (SSSR count). The Labute approximate surface area is 127 Å². The van der Waals surface area contributed by atoms with E-state index in [2.05, 4.69) is 10.6 Å². The quantitative estimate of drug-likeness (QED) is 0.778. The van der Waals surface area contributed by atoms with Crippen LogP contribution in [0.15, 0.2) is 23.1 Å². The molecule has 1 aliphatic carbocycles. The van der Waals surface area contributed by atoms with Crippen LogP contribution in [0.5, 0.6) is 0 Å². The highest BCUT2D eigenvalue weighted by Crippen LogP contribution is 2.32. The molecule has 2 amide bonds. The molecule has 0 aromatic heterocycles. The average molecular weight is 306 g/mol. The van der Waals surface area contributed by atoms with Crippen LogP contribution in [-0.2, 0) is 4.79 Å². The molecule has 1 aromatic carbocycles. The topological polar surface area (TPSA) is 78.4 Å². The van der Waals surface area contributed by atoms with Gasteiger partial charge in [-0.05, 0) is 31.0 Å². The highest BCUT2D eigenvalue weighted by atomic mass is 32.2. The minimum atomic E-state index is -0.462. The first-order chi connectivity index (χ1) is 10.1. The largest absolute Gasteiger partial charge is 0.391 e. The summed E-state index contributed by atoms with van der Waals surface area (Å²) in [4.78, 5) is 24.7. The number of hydrogen-bond acceptors (Lipinski definition) is 4. The van der Waals surface area contributed by atoms with Gasteiger partial charge in [-0.15, -0.1) is 11.8 Å². The van der Waals surface area contributed by atoms with Crippen LogP contribution in [0.25, 0.3) is 0 Å². The molecule has 2 atom stereocenters. The third-order valence-corrected chi connectivity index (χ3v) is 4.99. The normalized spacial score (nSPS) is 24.9. The molecule has 1 fully saturated rings. The van der Waals surface area contributed by atoms with Crippen LogP contribution in [0.1, 0.15) is 36.0 Å². The lowest BCUT2D eigenvalue weighted by molar-refractivity contribution is -0.113. The second-order valence-electron chi connectivity index (χ2n) is 5.48. The number of fused-ring (bicyclic) bond motifs is 1. The molecule has 3 N–H and O–H groups in total. The van der Waals surface area contributed by atoms with E-state index in [0.29, 0.717) is 17.0 Å². The standard InChI is InChI=1S/C15H18N2O3S/c18-12-4-2-1-3-10(12)17-15(20)9-5-6-13-11(7-9)16-14(19)8-21-13/h5-7,10,12,18H,1-4,8H2,(H,16,19)(H,17,20). The van der Waals surface area contributed by atoms with Crippen molar-refractivity contribution in [1.82, 2.24) is 5.32 Å². The Hall–Kier alpha value is -1.53. The third-order valence-electron chi connectivity index (χ3n) is 3.92. The van der Waals surface area contributed by atoms with Crippen LogP contribution in [0.2, 0.25) is 0 Å². The van der Waals surface area contributed by atoms with Gasteiger partial charge in [-0.2, -0.15) is 0 Å². The summed E-state index contributed by atoms with van der Waals surface area (Å²) in [5.74, 6) is 0.161. The molecule has 0 radical (unpaired) electrons. The molecular formula is C15H18N2O3S. The van der Waals surface area contributed by atoms with E-state index >= 15 is 0 Å². The number of anilines is 1. The van der Waals surface area contributed by atoms with E-state index in [1.807, 2.05) is 6.07 Å². The van der Waals surface area contributed by atoms with Crippen molar-refractivity contribution < 1.29 is 14.7 Å². The first kappa shape index (κ1) is 14.4. The Balaban J connectivity index is 1.72. The van der Waals surface area contributed by atoms with Crippen LogP contribution >= 0.6 is 11.8 Å². The van der Waals surface area contributed by atoms with Gasteiger partial charge >= 0.3 is 0 Å². The van der Waals surface area contributed by atoms with E-state index < -0.39 is 6.10 Å². The molecule has 1 saturated carbocycles. The van der Waals surface area contributed by atoms with E-state index in [0.717, 1.165) is 30.6 Å². The van der Waals surface area contributed by atoms with Crippen molar-refractivity contribution in [2.24, 2.45) is 0 Å². The SMILES string of the molecule is O=C1CSc2ccc(C(=O)NC3CCCCC3O)cc2N1. The molecule has 0 saturated heterocycles. The van der Waals surface area contributed by atoms with Crippen LogP contribution in [0, 0.1) is 0 Å². The Morgan fingerprint density at radius 2 is 2.14 bits per heavy atom. The van der Waals surface area contributed by atoms with Gasteiger partial charge in [0.2, 0.25) is 5.91 Å². The lowest BCUT2D eigenvalue weighted by Crippen LogP contribution is -2.45. The predicted octanol–water partition coefficient (Wildman–Crippen LogP) is 1.76. The lowest BCUT2D eigenvalue weighted by Gasteiger charge is -2.28. The summed E-state index contributed by atoms with van der Waals surface area (Å²) in [6.07, 6.45) is 3.12. The predicted molar refractivity (Wildman–Crippen MR) is 81.5 cm³/mol. The first-order valence-electron chi connectivity index (χ1n) is 7.19. The number of rotatable bonds is 2. The summed E-state index contributed by atoms with van der Waals surface area (Å²) in [7, 11) is 0. The fourth-order valence-electron chi connectivity index (χ4n) is 2.76. The number of aliphatic hydroxyl groups excluding tert-OH is 1. The second kappa shape index (κ2) is 6.07. The number of amides is 2. The zero-order chi connectivity index (χ0) is 14.8. The number of thioether (sulfide) groups is 1. The zero-order valence-electron chi connectivity index (χ0n) is 11.6. The maximum atomic E-state index is 12.3. The van der Waals surface area contributed by atoms with E-state index in [4.69, 9.17) is 0 Å². The van der Waals surface area contributed by atoms with Gasteiger partial charge in [0.1, 0.15) is 0 Å². The van der Waals surface area contributed by atoms with Gasteiger partial charge in [-0.25, -0.2) is 0 Å². The van der Waals surface area contributed by atoms with Crippen molar-refractivity contribution in [3.8, 4) is 0 Å². The maximum Gasteiger partial charge on any atom is 0.251 e. The molecule has 112 valence electrons. The van der Waals surface area contributed by atoms with E-state index in [9.17, 15) is 14.7 Å². The molecule has 2 unspecified atom stereocenters. The number of carbonyl (C=O) groups is 2. The summed E-state index contributed by atoms with van der Waals surface area (Å²) < 4.78 is 0. The summed E-state index contributed by atoms with van der Waals surface area (Å²) in [6, 6.07) is 5.13. The van der Waals surface area contributed by atoms with Gasteiger partial charge in [0.15, 0.2) is 0 Å². The van der Waals surface area contributed by atoms with Gasteiger partial charge in [0, 0.05) is 10.5 Å². The van der Waals surface area contributed by atoms with E-state index in [1.54, 1.807) is 12.1 Å². The van der Waals surface area contributed by atoms with Crippen molar-refractivity contribution in [3.63, 3.8) is 0 Å². The molecule has 1 aliphatic heterocycles. The summed E-state index contributed by atoms with van der Waals surface area (Å²) >= 11 is 1.47. The minimum Gasteiger partial charge on any atom is -0.391 e. The number of carbonyl (C=O) groups excluding carboxylic acids is 2. The fourth-order valence-corrected chi connectivity index (χ4v) is 3.54. The minimum absolute atomic E-state index is 0.0484. The number of hydrogen-bond donors (Lipinski definition) is 3. The first-order valence-corrected chi connectivity index (χ1v) is 8.17. The molecule has 0 spiro atoms. The molecule has 0 bridgehead atoms. The molecule has 6 heteroatoms. The van der Waals surface area contributed by atoms with Crippen molar-refractivity contribution in [1.29, 1.82) is 0 Å². The highest BCUT2D eigenvalue weighted by Gasteiger charge is 2.25. The van der Waals surface area contributed by atoms with Gasteiger partial charge < -0.3 is 15.7 Å². The highest BCUT2D eigenvalue weighted by molar-refractivity contribution is 8.00. The smallest absolute Gasteiger partial charge is 0.251 e.